The first kappa shape index (κ1) is 11.9. The molecule has 0 radical (unpaired) electrons. The molecular formula is C14H17N5. The van der Waals surface area contributed by atoms with Crippen molar-refractivity contribution < 1.29 is 0 Å². The normalized spacial score (nSPS) is 11.4. The van der Waals surface area contributed by atoms with Gasteiger partial charge in [0, 0.05) is 26.3 Å². The van der Waals surface area contributed by atoms with Crippen LogP contribution in [0, 0.1) is 6.92 Å². The van der Waals surface area contributed by atoms with Crippen LogP contribution in [0.5, 0.6) is 0 Å². The van der Waals surface area contributed by atoms with Crippen LogP contribution in [0.4, 0.5) is 0 Å². The molecule has 3 rings (SSSR count). The maximum Gasteiger partial charge on any atom is 0.144 e. The fraction of sp³-hybridized carbons (Fsp3) is 0.286. The van der Waals surface area contributed by atoms with E-state index in [1.165, 1.54) is 0 Å². The summed E-state index contributed by atoms with van der Waals surface area (Å²) in [6, 6.07) is 6.16. The first-order valence-corrected chi connectivity index (χ1v) is 6.26. The standard InChI is InChI=1S/C14H17N5/c1-9-11(8-16-19(9)3)14-17-12-6-10(7-15)4-5-13(12)18(14)2/h4-6,8H,7,15H2,1-3H3. The van der Waals surface area contributed by atoms with Gasteiger partial charge >= 0.3 is 0 Å². The zero-order valence-corrected chi connectivity index (χ0v) is 11.4. The lowest BCUT2D eigenvalue weighted by atomic mass is 10.2. The molecule has 2 heterocycles. The average Bonchev–Trinajstić information content (AvgIpc) is 2.91. The van der Waals surface area contributed by atoms with Gasteiger partial charge in [-0.05, 0) is 24.6 Å². The monoisotopic (exact) mass is 255 g/mol. The Labute approximate surface area is 111 Å². The molecule has 98 valence electrons. The number of nitrogens with zero attached hydrogens (tertiary/aromatic N) is 4. The fourth-order valence-electron chi connectivity index (χ4n) is 2.33. The number of rotatable bonds is 2. The molecule has 5 heteroatoms. The van der Waals surface area contributed by atoms with Gasteiger partial charge in [0.05, 0.1) is 22.8 Å². The number of nitrogens with two attached hydrogens (primary N) is 1. The zero-order valence-electron chi connectivity index (χ0n) is 11.4. The quantitative estimate of drug-likeness (QED) is 0.758. The van der Waals surface area contributed by atoms with Crippen molar-refractivity contribution in [2.45, 2.75) is 13.5 Å². The van der Waals surface area contributed by atoms with Crippen molar-refractivity contribution in [2.24, 2.45) is 19.8 Å². The van der Waals surface area contributed by atoms with Gasteiger partial charge in [-0.2, -0.15) is 5.10 Å². The molecule has 0 fully saturated rings. The third-order valence-electron chi connectivity index (χ3n) is 3.66. The first-order valence-electron chi connectivity index (χ1n) is 6.26. The van der Waals surface area contributed by atoms with Crippen LogP contribution in [-0.4, -0.2) is 19.3 Å². The van der Waals surface area contributed by atoms with E-state index in [0.717, 1.165) is 33.7 Å². The van der Waals surface area contributed by atoms with E-state index in [2.05, 4.69) is 15.7 Å². The Bertz CT molecular complexity index is 751. The summed E-state index contributed by atoms with van der Waals surface area (Å²) >= 11 is 0. The molecule has 0 bridgehead atoms. The molecular weight excluding hydrogens is 238 g/mol. The Morgan fingerprint density at radius 2 is 2.05 bits per heavy atom. The predicted molar refractivity (Wildman–Crippen MR) is 75.5 cm³/mol. The molecule has 0 aliphatic heterocycles. The van der Waals surface area contributed by atoms with Crippen molar-refractivity contribution in [3.8, 4) is 11.4 Å². The van der Waals surface area contributed by atoms with E-state index >= 15 is 0 Å². The Hall–Kier alpha value is -2.14. The van der Waals surface area contributed by atoms with Gasteiger partial charge in [0.1, 0.15) is 5.82 Å². The van der Waals surface area contributed by atoms with E-state index in [9.17, 15) is 0 Å². The molecule has 19 heavy (non-hydrogen) atoms. The first-order chi connectivity index (χ1) is 9.11. The zero-order chi connectivity index (χ0) is 13.6. The molecule has 0 aliphatic rings. The van der Waals surface area contributed by atoms with Gasteiger partial charge in [-0.3, -0.25) is 4.68 Å². The predicted octanol–water partition coefficient (Wildman–Crippen LogP) is 1.74. The van der Waals surface area contributed by atoms with E-state index in [1.807, 2.05) is 44.0 Å². The Kier molecular flexibility index (Phi) is 2.64. The summed E-state index contributed by atoms with van der Waals surface area (Å²) in [5, 5.41) is 4.28. The number of hydrogen-bond acceptors (Lipinski definition) is 3. The molecule has 0 aliphatic carbocycles. The number of benzene rings is 1. The van der Waals surface area contributed by atoms with Gasteiger partial charge in [0.2, 0.25) is 0 Å². The summed E-state index contributed by atoms with van der Waals surface area (Å²) in [7, 11) is 3.97. The van der Waals surface area contributed by atoms with E-state index in [4.69, 9.17) is 10.7 Å². The lowest BCUT2D eigenvalue weighted by Crippen LogP contribution is -1.96. The summed E-state index contributed by atoms with van der Waals surface area (Å²) < 4.78 is 3.96. The van der Waals surface area contributed by atoms with E-state index < -0.39 is 0 Å². The van der Waals surface area contributed by atoms with Crippen LogP contribution in [0.25, 0.3) is 22.4 Å². The fourth-order valence-corrected chi connectivity index (χ4v) is 2.33. The Morgan fingerprint density at radius 1 is 1.26 bits per heavy atom. The van der Waals surface area contributed by atoms with Gasteiger partial charge < -0.3 is 10.3 Å². The molecule has 0 saturated heterocycles. The highest BCUT2D eigenvalue weighted by Gasteiger charge is 2.14. The van der Waals surface area contributed by atoms with Crippen molar-refractivity contribution in [1.29, 1.82) is 0 Å². The highest BCUT2D eigenvalue weighted by molar-refractivity contribution is 5.81. The summed E-state index contributed by atoms with van der Waals surface area (Å²) in [4.78, 5) is 4.72. The lowest BCUT2D eigenvalue weighted by molar-refractivity contribution is 0.740. The van der Waals surface area contributed by atoms with Gasteiger partial charge in [0.15, 0.2) is 0 Å². The van der Waals surface area contributed by atoms with Crippen molar-refractivity contribution in [3.63, 3.8) is 0 Å². The van der Waals surface area contributed by atoms with Crippen LogP contribution in [0.2, 0.25) is 0 Å². The van der Waals surface area contributed by atoms with Crippen molar-refractivity contribution in [1.82, 2.24) is 19.3 Å². The largest absolute Gasteiger partial charge is 0.327 e. The Balaban J connectivity index is 2.25. The minimum atomic E-state index is 0.535. The minimum Gasteiger partial charge on any atom is -0.327 e. The summed E-state index contributed by atoms with van der Waals surface area (Å²) in [6.07, 6.45) is 1.86. The van der Waals surface area contributed by atoms with E-state index in [-0.39, 0.29) is 0 Å². The molecule has 0 unspecified atom stereocenters. The van der Waals surface area contributed by atoms with Crippen molar-refractivity contribution in [2.75, 3.05) is 0 Å². The summed E-state index contributed by atoms with van der Waals surface area (Å²) in [5.74, 6) is 0.940. The van der Waals surface area contributed by atoms with Gasteiger partial charge in [-0.15, -0.1) is 0 Å². The smallest absolute Gasteiger partial charge is 0.144 e. The second-order valence-electron chi connectivity index (χ2n) is 4.79. The molecule has 2 N–H and O–H groups in total. The maximum atomic E-state index is 5.68. The molecule has 5 nitrogen and oxygen atoms in total. The third kappa shape index (κ3) is 1.74. The average molecular weight is 255 g/mol. The number of hydrogen-bond donors (Lipinski definition) is 1. The van der Waals surface area contributed by atoms with Gasteiger partial charge in [-0.25, -0.2) is 4.98 Å². The van der Waals surface area contributed by atoms with Gasteiger partial charge in [-0.1, -0.05) is 6.07 Å². The van der Waals surface area contributed by atoms with Crippen molar-refractivity contribution in [3.05, 3.63) is 35.7 Å². The molecule has 0 saturated carbocycles. The van der Waals surface area contributed by atoms with Crippen molar-refractivity contribution >= 4 is 11.0 Å². The molecule has 1 aromatic carbocycles. The van der Waals surface area contributed by atoms with Crippen LogP contribution in [-0.2, 0) is 20.6 Å². The molecule has 3 aromatic rings. The summed E-state index contributed by atoms with van der Waals surface area (Å²) in [5.41, 5.74) is 11.0. The molecule has 0 amide bonds. The summed E-state index contributed by atoms with van der Waals surface area (Å²) in [6.45, 7) is 2.58. The lowest BCUT2D eigenvalue weighted by Gasteiger charge is -2.02. The highest BCUT2D eigenvalue weighted by Crippen LogP contribution is 2.26. The van der Waals surface area contributed by atoms with E-state index in [0.29, 0.717) is 6.54 Å². The van der Waals surface area contributed by atoms with E-state index in [1.54, 1.807) is 0 Å². The maximum absolute atomic E-state index is 5.68. The Morgan fingerprint density at radius 3 is 2.68 bits per heavy atom. The SMILES string of the molecule is Cc1c(-c2nc3cc(CN)ccc3n2C)cnn1C. The second-order valence-corrected chi connectivity index (χ2v) is 4.79. The van der Waals surface area contributed by atoms with Crippen LogP contribution >= 0.6 is 0 Å². The number of fused-ring (bicyclic) bond motifs is 1. The van der Waals surface area contributed by atoms with Crippen LogP contribution in [0.15, 0.2) is 24.4 Å². The van der Waals surface area contributed by atoms with Crippen LogP contribution in [0.3, 0.4) is 0 Å². The van der Waals surface area contributed by atoms with Gasteiger partial charge in [0.25, 0.3) is 0 Å². The molecule has 0 atom stereocenters. The minimum absolute atomic E-state index is 0.535. The second kappa shape index (κ2) is 4.20. The highest BCUT2D eigenvalue weighted by atomic mass is 15.3. The number of aryl methyl sites for hydroxylation is 2. The number of imidazole rings is 1. The molecule has 2 aromatic heterocycles. The topological polar surface area (TPSA) is 61.7 Å². The third-order valence-corrected chi connectivity index (χ3v) is 3.66. The number of aromatic nitrogens is 4. The van der Waals surface area contributed by atoms with Crippen LogP contribution < -0.4 is 5.73 Å². The molecule has 0 spiro atoms. The van der Waals surface area contributed by atoms with Crippen LogP contribution in [0.1, 0.15) is 11.3 Å².